The van der Waals surface area contributed by atoms with Crippen molar-refractivity contribution < 1.29 is 4.74 Å². The minimum Gasteiger partial charge on any atom is -0.376 e. The van der Waals surface area contributed by atoms with Gasteiger partial charge in [-0.15, -0.1) is 0 Å². The summed E-state index contributed by atoms with van der Waals surface area (Å²) in [5.74, 6) is 0. The predicted molar refractivity (Wildman–Crippen MR) is 71.1 cm³/mol. The van der Waals surface area contributed by atoms with Crippen LogP contribution < -0.4 is 0 Å². The van der Waals surface area contributed by atoms with E-state index >= 15 is 0 Å². The number of ether oxygens (including phenoxy) is 1. The number of hydrogen-bond donors (Lipinski definition) is 0. The Morgan fingerprint density at radius 1 is 1.06 bits per heavy atom. The van der Waals surface area contributed by atoms with Gasteiger partial charge in [0.1, 0.15) is 0 Å². The molecule has 1 unspecified atom stereocenters. The average molecular weight is 237 g/mol. The Kier molecular flexibility index (Phi) is 4.11. The number of hydrogen-bond acceptors (Lipinski definition) is 2. The first-order valence-electron chi connectivity index (χ1n) is 5.90. The van der Waals surface area contributed by atoms with Gasteiger partial charge in [0.05, 0.1) is 17.7 Å². The topological polar surface area (TPSA) is 33.0 Å². The Labute approximate surface area is 107 Å². The largest absolute Gasteiger partial charge is 0.376 e. The highest BCUT2D eigenvalue weighted by atomic mass is 16.5. The molecule has 2 aromatic carbocycles. The maximum atomic E-state index is 8.76. The second-order valence-electron chi connectivity index (χ2n) is 4.15. The lowest BCUT2D eigenvalue weighted by atomic mass is 10.0. The summed E-state index contributed by atoms with van der Waals surface area (Å²) >= 11 is 0. The normalized spacial score (nSPS) is 11.8. The summed E-state index contributed by atoms with van der Waals surface area (Å²) in [5.41, 5.74) is 3.03. The summed E-state index contributed by atoms with van der Waals surface area (Å²) in [4.78, 5) is 0. The Balaban J connectivity index is 2.13. The standard InChI is InChI=1S/C16H15NO/c1-18-16(15-5-3-2-4-6-15)11-13-7-9-14(12-17)10-8-13/h2-10,16H,11H2,1H3. The summed E-state index contributed by atoms with van der Waals surface area (Å²) in [7, 11) is 1.72. The average Bonchev–Trinajstić information content (AvgIpc) is 2.46. The molecule has 0 aliphatic heterocycles. The third-order valence-electron chi connectivity index (χ3n) is 2.96. The molecule has 0 amide bonds. The third-order valence-corrected chi connectivity index (χ3v) is 2.96. The van der Waals surface area contributed by atoms with Crippen LogP contribution in [-0.4, -0.2) is 7.11 Å². The smallest absolute Gasteiger partial charge is 0.0991 e. The molecule has 0 radical (unpaired) electrons. The first-order chi connectivity index (χ1) is 8.83. The van der Waals surface area contributed by atoms with Crippen molar-refractivity contribution in [3.63, 3.8) is 0 Å². The van der Waals surface area contributed by atoms with E-state index < -0.39 is 0 Å². The first-order valence-corrected chi connectivity index (χ1v) is 5.90. The molecule has 0 bridgehead atoms. The number of nitriles is 1. The molecule has 0 aromatic heterocycles. The Bertz CT molecular complexity index is 525. The van der Waals surface area contributed by atoms with Gasteiger partial charge in [-0.3, -0.25) is 0 Å². The molecule has 2 heteroatoms. The molecule has 0 saturated heterocycles. The molecule has 1 atom stereocenters. The quantitative estimate of drug-likeness (QED) is 0.815. The second kappa shape index (κ2) is 6.00. The molecule has 0 N–H and O–H groups in total. The SMILES string of the molecule is COC(Cc1ccc(C#N)cc1)c1ccccc1. The van der Waals surface area contributed by atoms with E-state index in [-0.39, 0.29) is 6.10 Å². The van der Waals surface area contributed by atoms with Crippen LogP contribution in [0.25, 0.3) is 0 Å². The van der Waals surface area contributed by atoms with E-state index in [2.05, 4.69) is 18.2 Å². The van der Waals surface area contributed by atoms with Crippen LogP contribution >= 0.6 is 0 Å². The van der Waals surface area contributed by atoms with Crippen molar-refractivity contribution in [1.82, 2.24) is 0 Å². The predicted octanol–water partition coefficient (Wildman–Crippen LogP) is 3.49. The van der Waals surface area contributed by atoms with Gasteiger partial charge in [-0.25, -0.2) is 0 Å². The molecule has 0 spiro atoms. The molecule has 2 rings (SSSR count). The number of rotatable bonds is 4. The lowest BCUT2D eigenvalue weighted by Crippen LogP contribution is -2.05. The maximum Gasteiger partial charge on any atom is 0.0991 e. The summed E-state index contributed by atoms with van der Waals surface area (Å²) < 4.78 is 5.53. The van der Waals surface area contributed by atoms with E-state index in [4.69, 9.17) is 10.00 Å². The molecule has 18 heavy (non-hydrogen) atoms. The van der Waals surface area contributed by atoms with E-state index in [1.807, 2.05) is 42.5 Å². The second-order valence-corrected chi connectivity index (χ2v) is 4.15. The van der Waals surface area contributed by atoms with Crippen molar-refractivity contribution in [3.05, 3.63) is 71.3 Å². The Morgan fingerprint density at radius 2 is 1.72 bits per heavy atom. The molecule has 2 nitrogen and oxygen atoms in total. The van der Waals surface area contributed by atoms with Gasteiger partial charge >= 0.3 is 0 Å². The van der Waals surface area contributed by atoms with Gasteiger partial charge in [0.25, 0.3) is 0 Å². The fourth-order valence-electron chi connectivity index (χ4n) is 1.93. The zero-order chi connectivity index (χ0) is 12.8. The van der Waals surface area contributed by atoms with Crippen molar-refractivity contribution in [2.45, 2.75) is 12.5 Å². The van der Waals surface area contributed by atoms with Crippen LogP contribution in [0.15, 0.2) is 54.6 Å². The highest BCUT2D eigenvalue weighted by Crippen LogP contribution is 2.21. The van der Waals surface area contributed by atoms with E-state index in [0.29, 0.717) is 5.56 Å². The zero-order valence-electron chi connectivity index (χ0n) is 10.3. The van der Waals surface area contributed by atoms with Crippen molar-refractivity contribution in [2.24, 2.45) is 0 Å². The van der Waals surface area contributed by atoms with Gasteiger partial charge < -0.3 is 4.74 Å². The molecule has 0 fully saturated rings. The Hall–Kier alpha value is -2.11. The van der Waals surface area contributed by atoms with Gasteiger partial charge in [0.15, 0.2) is 0 Å². The third kappa shape index (κ3) is 2.97. The first kappa shape index (κ1) is 12.3. The minimum absolute atomic E-state index is 0.0548. The molecule has 0 heterocycles. The summed E-state index contributed by atoms with van der Waals surface area (Å²) in [5, 5.41) is 8.76. The molecule has 2 aromatic rings. The van der Waals surface area contributed by atoms with Crippen molar-refractivity contribution in [3.8, 4) is 6.07 Å². The zero-order valence-corrected chi connectivity index (χ0v) is 10.3. The molecular weight excluding hydrogens is 222 g/mol. The molecule has 0 saturated carbocycles. The molecule has 0 aliphatic carbocycles. The molecule has 90 valence electrons. The van der Waals surface area contributed by atoms with E-state index in [1.165, 1.54) is 11.1 Å². The van der Waals surface area contributed by atoms with E-state index in [0.717, 1.165) is 6.42 Å². The summed E-state index contributed by atoms with van der Waals surface area (Å²) in [6.45, 7) is 0. The number of benzene rings is 2. The van der Waals surface area contributed by atoms with Crippen LogP contribution in [0.4, 0.5) is 0 Å². The highest BCUT2D eigenvalue weighted by molar-refractivity contribution is 5.32. The fourth-order valence-corrected chi connectivity index (χ4v) is 1.93. The number of nitrogens with zero attached hydrogens (tertiary/aromatic N) is 1. The van der Waals surface area contributed by atoms with Gasteiger partial charge in [-0.1, -0.05) is 42.5 Å². The minimum atomic E-state index is 0.0548. The van der Waals surface area contributed by atoms with Crippen molar-refractivity contribution >= 4 is 0 Å². The molecular formula is C16H15NO. The van der Waals surface area contributed by atoms with Crippen LogP contribution in [0.3, 0.4) is 0 Å². The number of methoxy groups -OCH3 is 1. The van der Waals surface area contributed by atoms with E-state index in [1.54, 1.807) is 7.11 Å². The monoisotopic (exact) mass is 237 g/mol. The van der Waals surface area contributed by atoms with Crippen LogP contribution in [-0.2, 0) is 11.2 Å². The van der Waals surface area contributed by atoms with Crippen molar-refractivity contribution in [1.29, 1.82) is 5.26 Å². The lowest BCUT2D eigenvalue weighted by molar-refractivity contribution is 0.104. The maximum absolute atomic E-state index is 8.76. The molecule has 0 aliphatic rings. The van der Waals surface area contributed by atoms with Crippen LogP contribution in [0, 0.1) is 11.3 Å². The lowest BCUT2D eigenvalue weighted by Gasteiger charge is -2.15. The van der Waals surface area contributed by atoms with Gasteiger partial charge in [-0.2, -0.15) is 5.26 Å². The van der Waals surface area contributed by atoms with Gasteiger partial charge in [0, 0.05) is 13.5 Å². The Morgan fingerprint density at radius 3 is 2.28 bits per heavy atom. The summed E-state index contributed by atoms with van der Waals surface area (Å²) in [6.07, 6.45) is 0.866. The summed E-state index contributed by atoms with van der Waals surface area (Å²) in [6, 6.07) is 19.9. The van der Waals surface area contributed by atoms with Gasteiger partial charge in [0.2, 0.25) is 0 Å². The van der Waals surface area contributed by atoms with Crippen LogP contribution in [0.2, 0.25) is 0 Å². The van der Waals surface area contributed by atoms with Crippen LogP contribution in [0.1, 0.15) is 22.8 Å². The highest BCUT2D eigenvalue weighted by Gasteiger charge is 2.10. The van der Waals surface area contributed by atoms with Gasteiger partial charge in [-0.05, 0) is 23.3 Å². The van der Waals surface area contributed by atoms with Crippen LogP contribution in [0.5, 0.6) is 0 Å². The van der Waals surface area contributed by atoms with E-state index in [9.17, 15) is 0 Å². The fraction of sp³-hybridized carbons (Fsp3) is 0.188. The van der Waals surface area contributed by atoms with Crippen molar-refractivity contribution in [2.75, 3.05) is 7.11 Å².